The number of Topliss-reactive ketones (excluding diaryl/α,β-unsaturated/α-hetero) is 1. The molecular formula is C17H22OSi. The van der Waals surface area contributed by atoms with E-state index in [2.05, 4.69) is 37.6 Å². The van der Waals surface area contributed by atoms with Gasteiger partial charge in [0.1, 0.15) is 5.78 Å². The molecule has 0 amide bonds. The maximum atomic E-state index is 11.0. The summed E-state index contributed by atoms with van der Waals surface area (Å²) in [6.45, 7) is 8.49. The van der Waals surface area contributed by atoms with Crippen LogP contribution in [0.3, 0.4) is 0 Å². The molecule has 0 N–H and O–H groups in total. The maximum Gasteiger partial charge on any atom is 0.130 e. The number of benzene rings is 1. The lowest BCUT2D eigenvalue weighted by Crippen LogP contribution is -2.23. The van der Waals surface area contributed by atoms with Crippen LogP contribution in [0.15, 0.2) is 41.6 Å². The highest BCUT2D eigenvalue weighted by Gasteiger charge is 2.17. The summed E-state index contributed by atoms with van der Waals surface area (Å²) in [5.41, 5.74) is 1.04. The zero-order valence-electron chi connectivity index (χ0n) is 12.3. The standard InChI is InChI=1S/C17H22OSi/c1-15(18)9-8-12-17(19(2,3)4)14-13-16-10-6-5-7-11-16/h5-7,10-12H,8-9H2,1-4H3/b17-12+. The van der Waals surface area contributed by atoms with Crippen molar-refractivity contribution in [3.05, 3.63) is 47.2 Å². The molecule has 0 fully saturated rings. The number of hydrogen-bond donors (Lipinski definition) is 0. The first-order valence-corrected chi connectivity index (χ1v) is 10.2. The van der Waals surface area contributed by atoms with Gasteiger partial charge in [-0.15, -0.1) is 0 Å². The number of hydrogen-bond acceptors (Lipinski definition) is 1. The number of carbonyl (C=O) groups is 1. The van der Waals surface area contributed by atoms with E-state index >= 15 is 0 Å². The number of carbonyl (C=O) groups excluding carboxylic acids is 1. The fourth-order valence-corrected chi connectivity index (χ4v) is 2.82. The Morgan fingerprint density at radius 3 is 2.37 bits per heavy atom. The minimum atomic E-state index is -1.44. The van der Waals surface area contributed by atoms with Crippen molar-refractivity contribution in [2.24, 2.45) is 0 Å². The fraction of sp³-hybridized carbons (Fsp3) is 0.353. The fourth-order valence-electron chi connectivity index (χ4n) is 1.63. The normalized spacial score (nSPS) is 11.7. The SMILES string of the molecule is CC(=O)CC/C=C(\C#Cc1ccccc1)[Si](C)(C)C. The molecule has 0 spiro atoms. The third-order valence-corrected chi connectivity index (χ3v) is 4.71. The van der Waals surface area contributed by atoms with Crippen molar-refractivity contribution in [2.45, 2.75) is 39.4 Å². The van der Waals surface area contributed by atoms with Crippen LogP contribution in [0.4, 0.5) is 0 Å². The molecule has 1 rings (SSSR count). The van der Waals surface area contributed by atoms with Crippen LogP contribution < -0.4 is 0 Å². The minimum absolute atomic E-state index is 0.238. The molecule has 1 nitrogen and oxygen atoms in total. The zero-order chi connectivity index (χ0) is 14.3. The summed E-state index contributed by atoms with van der Waals surface area (Å²) in [5, 5.41) is 1.23. The lowest BCUT2D eigenvalue weighted by Gasteiger charge is -2.15. The molecular weight excluding hydrogens is 248 g/mol. The Kier molecular flexibility index (Phi) is 5.79. The summed E-state index contributed by atoms with van der Waals surface area (Å²) in [6.07, 6.45) is 3.57. The van der Waals surface area contributed by atoms with Crippen LogP contribution >= 0.6 is 0 Å². The first kappa shape index (κ1) is 15.5. The van der Waals surface area contributed by atoms with Crippen LogP contribution in [0.25, 0.3) is 0 Å². The average molecular weight is 270 g/mol. The van der Waals surface area contributed by atoms with Crippen molar-refractivity contribution in [1.29, 1.82) is 0 Å². The smallest absolute Gasteiger partial charge is 0.130 e. The number of rotatable bonds is 4. The molecule has 0 radical (unpaired) electrons. The lowest BCUT2D eigenvalue weighted by molar-refractivity contribution is -0.116. The van der Waals surface area contributed by atoms with Crippen LogP contribution in [0.2, 0.25) is 19.6 Å². The Morgan fingerprint density at radius 2 is 1.84 bits per heavy atom. The van der Waals surface area contributed by atoms with Gasteiger partial charge in [0.25, 0.3) is 0 Å². The third kappa shape index (κ3) is 6.22. The average Bonchev–Trinajstić information content (AvgIpc) is 2.33. The van der Waals surface area contributed by atoms with Crippen LogP contribution in [-0.2, 0) is 4.79 Å². The van der Waals surface area contributed by atoms with Crippen molar-refractivity contribution in [2.75, 3.05) is 0 Å². The highest BCUT2D eigenvalue weighted by molar-refractivity contribution is 6.84. The summed E-state index contributed by atoms with van der Waals surface area (Å²) in [6, 6.07) is 10.0. The zero-order valence-corrected chi connectivity index (χ0v) is 13.3. The third-order valence-electron chi connectivity index (χ3n) is 2.77. The summed E-state index contributed by atoms with van der Waals surface area (Å²) in [4.78, 5) is 11.0. The van der Waals surface area contributed by atoms with Gasteiger partial charge < -0.3 is 4.79 Å². The molecule has 0 heterocycles. The molecule has 100 valence electrons. The Hall–Kier alpha value is -1.59. The molecule has 1 aromatic carbocycles. The van der Waals surface area contributed by atoms with Gasteiger partial charge in [-0.25, -0.2) is 0 Å². The van der Waals surface area contributed by atoms with E-state index in [1.807, 2.05) is 30.3 Å². The second-order valence-electron chi connectivity index (χ2n) is 5.72. The summed E-state index contributed by atoms with van der Waals surface area (Å²) < 4.78 is 0. The Labute approximate surface area is 117 Å². The monoisotopic (exact) mass is 270 g/mol. The summed E-state index contributed by atoms with van der Waals surface area (Å²) in [5.74, 6) is 6.77. The topological polar surface area (TPSA) is 17.1 Å². The van der Waals surface area contributed by atoms with E-state index in [9.17, 15) is 4.79 Å². The van der Waals surface area contributed by atoms with Crippen LogP contribution in [0.1, 0.15) is 25.3 Å². The molecule has 0 saturated heterocycles. The molecule has 1 aromatic rings. The second-order valence-corrected chi connectivity index (χ2v) is 10.8. The van der Waals surface area contributed by atoms with Gasteiger partial charge in [-0.1, -0.05) is 55.8 Å². The van der Waals surface area contributed by atoms with E-state index in [-0.39, 0.29) is 5.78 Å². The molecule has 0 saturated carbocycles. The molecule has 0 bridgehead atoms. The van der Waals surface area contributed by atoms with Gasteiger partial charge in [-0.3, -0.25) is 0 Å². The molecule has 0 aromatic heterocycles. The molecule has 19 heavy (non-hydrogen) atoms. The van der Waals surface area contributed by atoms with Crippen LogP contribution in [-0.4, -0.2) is 13.9 Å². The van der Waals surface area contributed by atoms with Crippen LogP contribution in [0.5, 0.6) is 0 Å². The van der Waals surface area contributed by atoms with Crippen molar-refractivity contribution in [1.82, 2.24) is 0 Å². The van der Waals surface area contributed by atoms with Gasteiger partial charge in [-0.2, -0.15) is 0 Å². The van der Waals surface area contributed by atoms with Crippen molar-refractivity contribution >= 4 is 13.9 Å². The maximum absolute atomic E-state index is 11.0. The summed E-state index contributed by atoms with van der Waals surface area (Å²) >= 11 is 0. The molecule has 0 atom stereocenters. The molecule has 0 aliphatic rings. The quantitative estimate of drug-likeness (QED) is 0.591. The van der Waals surface area contributed by atoms with E-state index < -0.39 is 8.07 Å². The predicted molar refractivity (Wildman–Crippen MR) is 84.7 cm³/mol. The van der Waals surface area contributed by atoms with Crippen molar-refractivity contribution < 1.29 is 4.79 Å². The van der Waals surface area contributed by atoms with Crippen LogP contribution in [0, 0.1) is 11.8 Å². The van der Waals surface area contributed by atoms with Crippen molar-refractivity contribution in [3.8, 4) is 11.8 Å². The van der Waals surface area contributed by atoms with E-state index in [4.69, 9.17) is 0 Å². The Bertz CT molecular complexity index is 510. The first-order valence-electron chi connectivity index (χ1n) is 6.67. The van der Waals surface area contributed by atoms with Gasteiger partial charge in [0.05, 0.1) is 8.07 Å². The first-order chi connectivity index (χ1) is 8.89. The predicted octanol–water partition coefficient (Wildman–Crippen LogP) is 4.21. The molecule has 0 unspecified atom stereocenters. The van der Waals surface area contributed by atoms with Gasteiger partial charge in [-0.05, 0) is 30.7 Å². The Balaban J connectivity index is 2.88. The number of allylic oxidation sites excluding steroid dienone is 2. The second kappa shape index (κ2) is 7.11. The largest absolute Gasteiger partial charge is 0.300 e. The van der Waals surface area contributed by atoms with Gasteiger partial charge in [0.15, 0.2) is 0 Å². The van der Waals surface area contributed by atoms with Crippen molar-refractivity contribution in [3.63, 3.8) is 0 Å². The van der Waals surface area contributed by atoms with E-state index in [1.54, 1.807) is 6.92 Å². The van der Waals surface area contributed by atoms with Gasteiger partial charge >= 0.3 is 0 Å². The lowest BCUT2D eigenvalue weighted by atomic mass is 10.2. The highest BCUT2D eigenvalue weighted by Crippen LogP contribution is 2.15. The highest BCUT2D eigenvalue weighted by atomic mass is 28.3. The van der Waals surface area contributed by atoms with E-state index in [0.717, 1.165) is 12.0 Å². The Morgan fingerprint density at radius 1 is 1.21 bits per heavy atom. The van der Waals surface area contributed by atoms with E-state index in [0.29, 0.717) is 6.42 Å². The minimum Gasteiger partial charge on any atom is -0.300 e. The van der Waals surface area contributed by atoms with Gasteiger partial charge in [0.2, 0.25) is 0 Å². The number of ketones is 1. The molecule has 2 heteroatoms. The summed E-state index contributed by atoms with van der Waals surface area (Å²) in [7, 11) is -1.44. The molecule has 0 aliphatic heterocycles. The van der Waals surface area contributed by atoms with E-state index in [1.165, 1.54) is 5.20 Å². The molecule has 0 aliphatic carbocycles. The van der Waals surface area contributed by atoms with Gasteiger partial charge in [0, 0.05) is 12.0 Å².